The topological polar surface area (TPSA) is 62.5 Å². The highest BCUT2D eigenvalue weighted by Crippen LogP contribution is 2.43. The summed E-state index contributed by atoms with van der Waals surface area (Å²) in [5.41, 5.74) is 3.87. The molecule has 4 rings (SSSR count). The van der Waals surface area contributed by atoms with Crippen molar-refractivity contribution in [3.8, 4) is 5.75 Å². The van der Waals surface area contributed by atoms with E-state index in [4.69, 9.17) is 0 Å². The molecule has 0 saturated heterocycles. The highest BCUT2D eigenvalue weighted by atomic mass is 16.3. The van der Waals surface area contributed by atoms with E-state index in [1.54, 1.807) is 34.7 Å². The van der Waals surface area contributed by atoms with Gasteiger partial charge >= 0.3 is 0 Å². The molecule has 0 unspecified atom stereocenters. The minimum atomic E-state index is -0.269. The molecule has 3 aromatic rings. The lowest BCUT2D eigenvalue weighted by molar-refractivity contribution is 0.0990. The Kier molecular flexibility index (Phi) is 5.16. The molecule has 0 radical (unpaired) electrons. The number of nitrogens with zero attached hydrogens (tertiary/aromatic N) is 2. The molecule has 5 heteroatoms. The van der Waals surface area contributed by atoms with E-state index in [2.05, 4.69) is 20.8 Å². The number of phenolic OH excluding ortho intramolecular Hbond substituents is 1. The van der Waals surface area contributed by atoms with E-state index in [1.807, 2.05) is 31.2 Å². The maximum atomic E-state index is 13.2. The Labute approximate surface area is 182 Å². The number of anilines is 1. The fraction of sp³-hybridized carbons (Fsp3) is 0.385. The zero-order chi connectivity index (χ0) is 22.5. The monoisotopic (exact) mass is 418 g/mol. The van der Waals surface area contributed by atoms with E-state index in [-0.39, 0.29) is 28.2 Å². The first-order valence-corrected chi connectivity index (χ1v) is 10.9. The number of aromatic nitrogens is 1. The van der Waals surface area contributed by atoms with E-state index in [0.717, 1.165) is 40.6 Å². The van der Waals surface area contributed by atoms with Crippen molar-refractivity contribution in [1.29, 1.82) is 0 Å². The SMILES string of the molecule is CCn1c(=O)cc(C2CC2)c2cc(N(C)C(=O)c3ccc(C(C)(C)C)cc3O)ccc21. The Morgan fingerprint density at radius 1 is 1.13 bits per heavy atom. The summed E-state index contributed by atoms with van der Waals surface area (Å²) in [6.07, 6.45) is 2.19. The Balaban J connectivity index is 1.75. The molecule has 1 N–H and O–H groups in total. The van der Waals surface area contributed by atoms with Crippen molar-refractivity contribution in [2.45, 2.75) is 58.4 Å². The zero-order valence-corrected chi connectivity index (χ0v) is 18.9. The summed E-state index contributed by atoms with van der Waals surface area (Å²) in [6.45, 7) is 8.76. The number of benzene rings is 2. The predicted octanol–water partition coefficient (Wildman–Crippen LogP) is 5.18. The summed E-state index contributed by atoms with van der Waals surface area (Å²) in [5, 5.41) is 11.6. The summed E-state index contributed by atoms with van der Waals surface area (Å²) >= 11 is 0. The number of hydrogen-bond acceptors (Lipinski definition) is 3. The van der Waals surface area contributed by atoms with Gasteiger partial charge in [0.05, 0.1) is 11.1 Å². The van der Waals surface area contributed by atoms with Gasteiger partial charge in [-0.3, -0.25) is 9.59 Å². The van der Waals surface area contributed by atoms with Gasteiger partial charge in [-0.2, -0.15) is 0 Å². The highest BCUT2D eigenvalue weighted by molar-refractivity contribution is 6.08. The molecule has 0 spiro atoms. The van der Waals surface area contributed by atoms with E-state index < -0.39 is 0 Å². The van der Waals surface area contributed by atoms with Gasteiger partial charge in [-0.15, -0.1) is 0 Å². The number of rotatable bonds is 4. The molecule has 1 fully saturated rings. The molecule has 31 heavy (non-hydrogen) atoms. The smallest absolute Gasteiger partial charge is 0.261 e. The Morgan fingerprint density at radius 2 is 1.84 bits per heavy atom. The van der Waals surface area contributed by atoms with Crippen LogP contribution in [0.2, 0.25) is 0 Å². The first-order chi connectivity index (χ1) is 14.6. The molecule has 0 atom stereocenters. The van der Waals surface area contributed by atoms with Crippen molar-refractivity contribution in [3.05, 3.63) is 69.5 Å². The highest BCUT2D eigenvalue weighted by Gasteiger charge is 2.27. The Morgan fingerprint density at radius 3 is 2.42 bits per heavy atom. The molecular formula is C26H30N2O3. The van der Waals surface area contributed by atoms with Crippen LogP contribution in [-0.4, -0.2) is 22.6 Å². The Hall–Kier alpha value is -3.08. The molecular weight excluding hydrogens is 388 g/mol. The number of aryl methyl sites for hydroxylation is 1. The van der Waals surface area contributed by atoms with Gasteiger partial charge < -0.3 is 14.6 Å². The normalized spacial score (nSPS) is 14.1. The third-order valence-corrected chi connectivity index (χ3v) is 6.25. The van der Waals surface area contributed by atoms with Crippen molar-refractivity contribution in [2.75, 3.05) is 11.9 Å². The van der Waals surface area contributed by atoms with Crippen LogP contribution in [0.4, 0.5) is 5.69 Å². The van der Waals surface area contributed by atoms with Crippen molar-refractivity contribution >= 4 is 22.5 Å². The lowest BCUT2D eigenvalue weighted by Crippen LogP contribution is -2.27. The van der Waals surface area contributed by atoms with Gasteiger partial charge in [-0.1, -0.05) is 26.8 Å². The lowest BCUT2D eigenvalue weighted by atomic mass is 9.86. The van der Waals surface area contributed by atoms with Crippen LogP contribution in [0.1, 0.15) is 67.9 Å². The molecule has 162 valence electrons. The molecule has 1 amide bonds. The molecule has 1 heterocycles. The molecule has 0 aliphatic heterocycles. The van der Waals surface area contributed by atoms with Gasteiger partial charge in [0.2, 0.25) is 0 Å². The second kappa shape index (κ2) is 7.56. The fourth-order valence-electron chi connectivity index (χ4n) is 4.14. The van der Waals surface area contributed by atoms with Crippen LogP contribution < -0.4 is 10.5 Å². The Bertz CT molecular complexity index is 1230. The van der Waals surface area contributed by atoms with E-state index >= 15 is 0 Å². The van der Waals surface area contributed by atoms with Gasteiger partial charge in [0.15, 0.2) is 0 Å². The fourth-order valence-corrected chi connectivity index (χ4v) is 4.14. The standard InChI is InChI=1S/C26H30N2O3/c1-6-28-22-12-10-18(14-21(22)20(15-24(28)30)16-7-8-16)27(5)25(31)19-11-9-17(13-23(19)29)26(2,3)4/h9-16,29H,6-8H2,1-5H3. The maximum absolute atomic E-state index is 13.2. The van der Waals surface area contributed by atoms with Crippen LogP contribution in [0.25, 0.3) is 10.9 Å². The van der Waals surface area contributed by atoms with Crippen LogP contribution in [0.15, 0.2) is 47.3 Å². The van der Waals surface area contributed by atoms with Gasteiger partial charge in [0.1, 0.15) is 5.75 Å². The number of phenols is 1. The van der Waals surface area contributed by atoms with Gasteiger partial charge in [-0.05, 0) is 72.6 Å². The summed E-state index contributed by atoms with van der Waals surface area (Å²) in [7, 11) is 1.72. The van der Waals surface area contributed by atoms with Crippen molar-refractivity contribution < 1.29 is 9.90 Å². The van der Waals surface area contributed by atoms with Crippen LogP contribution >= 0.6 is 0 Å². The van der Waals surface area contributed by atoms with E-state index in [1.165, 1.54) is 0 Å². The van der Waals surface area contributed by atoms with Gasteiger partial charge in [-0.25, -0.2) is 0 Å². The molecule has 1 aromatic heterocycles. The van der Waals surface area contributed by atoms with Crippen molar-refractivity contribution in [2.24, 2.45) is 0 Å². The number of fused-ring (bicyclic) bond motifs is 1. The number of carbonyl (C=O) groups excluding carboxylic acids is 1. The molecule has 5 nitrogen and oxygen atoms in total. The van der Waals surface area contributed by atoms with Gasteiger partial charge in [0, 0.05) is 30.7 Å². The summed E-state index contributed by atoms with van der Waals surface area (Å²) in [5.74, 6) is 0.143. The second-order valence-electron chi connectivity index (χ2n) is 9.50. The van der Waals surface area contributed by atoms with Crippen LogP contribution in [0, 0.1) is 0 Å². The molecule has 1 aliphatic carbocycles. The van der Waals surface area contributed by atoms with Crippen LogP contribution in [0.3, 0.4) is 0 Å². The number of pyridine rings is 1. The molecule has 1 saturated carbocycles. The van der Waals surface area contributed by atoms with Crippen molar-refractivity contribution in [1.82, 2.24) is 4.57 Å². The third-order valence-electron chi connectivity index (χ3n) is 6.25. The minimum Gasteiger partial charge on any atom is -0.507 e. The first kappa shape index (κ1) is 21.2. The van der Waals surface area contributed by atoms with Crippen LogP contribution in [-0.2, 0) is 12.0 Å². The van der Waals surface area contributed by atoms with E-state index in [0.29, 0.717) is 12.5 Å². The van der Waals surface area contributed by atoms with Crippen molar-refractivity contribution in [3.63, 3.8) is 0 Å². The largest absolute Gasteiger partial charge is 0.507 e. The number of aromatic hydroxyl groups is 1. The third kappa shape index (κ3) is 3.85. The molecule has 1 aliphatic rings. The lowest BCUT2D eigenvalue weighted by Gasteiger charge is -2.22. The minimum absolute atomic E-state index is 0.0106. The molecule has 2 aromatic carbocycles. The average molecular weight is 419 g/mol. The van der Waals surface area contributed by atoms with E-state index in [9.17, 15) is 14.7 Å². The van der Waals surface area contributed by atoms with Gasteiger partial charge in [0.25, 0.3) is 11.5 Å². The first-order valence-electron chi connectivity index (χ1n) is 10.9. The quantitative estimate of drug-likeness (QED) is 0.635. The molecule has 0 bridgehead atoms. The second-order valence-corrected chi connectivity index (χ2v) is 9.50. The zero-order valence-electron chi connectivity index (χ0n) is 18.9. The number of hydrogen-bond donors (Lipinski definition) is 1. The summed E-state index contributed by atoms with van der Waals surface area (Å²) in [4.78, 5) is 27.3. The summed E-state index contributed by atoms with van der Waals surface area (Å²) in [6, 6.07) is 12.8. The average Bonchev–Trinajstić information content (AvgIpc) is 3.56. The predicted molar refractivity (Wildman–Crippen MR) is 125 cm³/mol. The number of carbonyl (C=O) groups is 1. The maximum Gasteiger partial charge on any atom is 0.261 e. The van der Waals surface area contributed by atoms with Crippen LogP contribution in [0.5, 0.6) is 5.75 Å². The summed E-state index contributed by atoms with van der Waals surface area (Å²) < 4.78 is 1.77. The number of amides is 1.